The molecule has 0 saturated carbocycles. The van der Waals surface area contributed by atoms with Crippen LogP contribution < -0.4 is 10.1 Å². The summed E-state index contributed by atoms with van der Waals surface area (Å²) in [6.07, 6.45) is -3.82. The Hall–Kier alpha value is -2.12. The third kappa shape index (κ3) is 2.38. The van der Waals surface area contributed by atoms with Crippen LogP contribution in [-0.2, 0) is 0 Å². The van der Waals surface area contributed by atoms with Crippen molar-refractivity contribution in [3.8, 4) is 5.75 Å². The molecular weight excluding hydrogens is 266 g/mol. The Morgan fingerprint density at radius 3 is 2.53 bits per heavy atom. The van der Waals surface area contributed by atoms with Crippen molar-refractivity contribution < 1.29 is 22.3 Å². The van der Waals surface area contributed by atoms with Crippen molar-refractivity contribution in [2.75, 3.05) is 6.61 Å². The van der Waals surface area contributed by atoms with Crippen LogP contribution in [-0.4, -0.2) is 30.6 Å². The molecule has 102 valence electrons. The Kier molecular flexibility index (Phi) is 3.17. The number of nitrogens with one attached hydrogen (secondary N) is 3. The van der Waals surface area contributed by atoms with Gasteiger partial charge in [0.15, 0.2) is 6.61 Å². The summed E-state index contributed by atoms with van der Waals surface area (Å²) in [7, 11) is 0. The van der Waals surface area contributed by atoms with Gasteiger partial charge in [0.25, 0.3) is 0 Å². The van der Waals surface area contributed by atoms with Crippen molar-refractivity contribution >= 4 is 11.7 Å². The van der Waals surface area contributed by atoms with Crippen LogP contribution in [0.2, 0.25) is 0 Å². The Bertz CT molecular complexity index is 545. The smallest absolute Gasteiger partial charge is 0.340 e. The number of amidine groups is 2. The Morgan fingerprint density at radius 2 is 1.89 bits per heavy atom. The molecule has 1 aromatic rings. The lowest BCUT2D eigenvalue weighted by molar-refractivity contribution is -0.148. The Labute approximate surface area is 105 Å². The molecule has 1 heterocycles. The SMILES string of the molecule is N=C1NC(=N)c2c(OCC(F)(F)C(F)F)cccc21. The van der Waals surface area contributed by atoms with Gasteiger partial charge in [0.05, 0.1) is 5.56 Å². The van der Waals surface area contributed by atoms with Crippen LogP contribution in [0.3, 0.4) is 0 Å². The minimum Gasteiger partial charge on any atom is -0.486 e. The zero-order chi connectivity index (χ0) is 14.2. The van der Waals surface area contributed by atoms with E-state index in [-0.39, 0.29) is 23.0 Å². The standard InChI is InChI=1S/C11H9F4N3O/c12-10(13)11(14,15)4-19-6-3-1-2-5-7(6)9(17)18-8(5)16/h1-3,10H,4H2,(H3,16,17,18). The van der Waals surface area contributed by atoms with E-state index in [9.17, 15) is 17.6 Å². The molecule has 0 fully saturated rings. The first kappa shape index (κ1) is 13.3. The zero-order valence-corrected chi connectivity index (χ0v) is 9.44. The average Bonchev–Trinajstić information content (AvgIpc) is 2.63. The summed E-state index contributed by atoms with van der Waals surface area (Å²) in [5.41, 5.74) is 0.431. The van der Waals surface area contributed by atoms with Gasteiger partial charge in [0, 0.05) is 5.56 Å². The first-order chi connectivity index (χ1) is 8.83. The third-order valence-electron chi connectivity index (χ3n) is 2.53. The predicted molar refractivity (Wildman–Crippen MR) is 59.7 cm³/mol. The second-order valence-electron chi connectivity index (χ2n) is 3.90. The highest BCUT2D eigenvalue weighted by molar-refractivity contribution is 6.24. The number of ether oxygens (including phenoxy) is 1. The average molecular weight is 275 g/mol. The summed E-state index contributed by atoms with van der Waals surface area (Å²) in [6, 6.07) is 4.23. The first-order valence-electron chi connectivity index (χ1n) is 5.19. The van der Waals surface area contributed by atoms with E-state index in [0.29, 0.717) is 5.56 Å². The maximum atomic E-state index is 12.8. The lowest BCUT2D eigenvalue weighted by atomic mass is 10.1. The van der Waals surface area contributed by atoms with Gasteiger partial charge >= 0.3 is 12.3 Å². The topological polar surface area (TPSA) is 69.0 Å². The number of halogens is 4. The Morgan fingerprint density at radius 1 is 1.21 bits per heavy atom. The molecule has 2 rings (SSSR count). The van der Waals surface area contributed by atoms with Crippen LogP contribution in [0, 0.1) is 10.8 Å². The summed E-state index contributed by atoms with van der Waals surface area (Å²) >= 11 is 0. The van der Waals surface area contributed by atoms with Gasteiger partial charge in [0.2, 0.25) is 0 Å². The molecule has 0 amide bonds. The molecule has 1 aliphatic heterocycles. The predicted octanol–water partition coefficient (Wildman–Crippen LogP) is 2.22. The van der Waals surface area contributed by atoms with Crippen molar-refractivity contribution in [3.05, 3.63) is 29.3 Å². The fraction of sp³-hybridized carbons (Fsp3) is 0.273. The van der Waals surface area contributed by atoms with Crippen molar-refractivity contribution in [2.24, 2.45) is 0 Å². The number of alkyl halides is 4. The summed E-state index contributed by atoms with van der Waals surface area (Å²) in [5.74, 6) is -4.63. The number of benzene rings is 1. The molecule has 0 bridgehead atoms. The number of rotatable bonds is 4. The summed E-state index contributed by atoms with van der Waals surface area (Å²) in [4.78, 5) is 0. The molecule has 0 aliphatic carbocycles. The summed E-state index contributed by atoms with van der Waals surface area (Å²) < 4.78 is 54.2. The van der Waals surface area contributed by atoms with Gasteiger partial charge in [-0.25, -0.2) is 8.78 Å². The molecule has 0 radical (unpaired) electrons. The highest BCUT2D eigenvalue weighted by Crippen LogP contribution is 2.29. The molecule has 4 nitrogen and oxygen atoms in total. The van der Waals surface area contributed by atoms with Gasteiger partial charge in [0.1, 0.15) is 17.4 Å². The molecule has 8 heteroatoms. The lowest BCUT2D eigenvalue weighted by Crippen LogP contribution is -2.34. The maximum absolute atomic E-state index is 12.8. The van der Waals surface area contributed by atoms with Gasteiger partial charge in [-0.15, -0.1) is 0 Å². The van der Waals surface area contributed by atoms with Crippen molar-refractivity contribution in [3.63, 3.8) is 0 Å². The van der Waals surface area contributed by atoms with Gasteiger partial charge in [-0.3, -0.25) is 10.8 Å². The molecule has 19 heavy (non-hydrogen) atoms. The van der Waals surface area contributed by atoms with Gasteiger partial charge in [-0.05, 0) is 6.07 Å². The van der Waals surface area contributed by atoms with E-state index >= 15 is 0 Å². The quantitative estimate of drug-likeness (QED) is 0.737. The minimum atomic E-state index is -4.26. The maximum Gasteiger partial charge on any atom is 0.340 e. The van der Waals surface area contributed by atoms with E-state index in [1.54, 1.807) is 0 Å². The number of hydrogen-bond donors (Lipinski definition) is 3. The van der Waals surface area contributed by atoms with Crippen LogP contribution in [0.4, 0.5) is 17.6 Å². The van der Waals surface area contributed by atoms with Crippen LogP contribution >= 0.6 is 0 Å². The number of fused-ring (bicyclic) bond motifs is 1. The monoisotopic (exact) mass is 275 g/mol. The molecule has 0 saturated heterocycles. The second-order valence-corrected chi connectivity index (χ2v) is 3.90. The summed E-state index contributed by atoms with van der Waals surface area (Å²) in [5, 5.41) is 17.5. The molecule has 0 unspecified atom stereocenters. The van der Waals surface area contributed by atoms with Crippen molar-refractivity contribution in [1.29, 1.82) is 10.8 Å². The van der Waals surface area contributed by atoms with E-state index in [0.717, 1.165) is 0 Å². The molecule has 0 spiro atoms. The van der Waals surface area contributed by atoms with Crippen molar-refractivity contribution in [2.45, 2.75) is 12.3 Å². The third-order valence-corrected chi connectivity index (χ3v) is 2.53. The van der Waals surface area contributed by atoms with E-state index in [1.807, 2.05) is 0 Å². The molecule has 0 aromatic heterocycles. The largest absolute Gasteiger partial charge is 0.486 e. The van der Waals surface area contributed by atoms with E-state index in [2.05, 4.69) is 10.1 Å². The number of hydrogen-bond acceptors (Lipinski definition) is 3. The Balaban J connectivity index is 2.24. The molecular formula is C11H9F4N3O. The molecule has 1 aromatic carbocycles. The highest BCUT2D eigenvalue weighted by Gasteiger charge is 2.42. The van der Waals surface area contributed by atoms with Crippen LogP contribution in [0.1, 0.15) is 11.1 Å². The second kappa shape index (κ2) is 4.52. The van der Waals surface area contributed by atoms with Crippen LogP contribution in [0.5, 0.6) is 5.75 Å². The first-order valence-corrected chi connectivity index (χ1v) is 5.19. The van der Waals surface area contributed by atoms with Crippen molar-refractivity contribution in [1.82, 2.24) is 5.32 Å². The fourth-order valence-corrected chi connectivity index (χ4v) is 1.61. The highest BCUT2D eigenvalue weighted by atomic mass is 19.3. The van der Waals surface area contributed by atoms with E-state index in [1.165, 1.54) is 18.2 Å². The molecule has 1 aliphatic rings. The summed E-state index contributed by atoms with van der Waals surface area (Å²) in [6.45, 7) is -1.48. The van der Waals surface area contributed by atoms with E-state index in [4.69, 9.17) is 10.8 Å². The molecule has 3 N–H and O–H groups in total. The van der Waals surface area contributed by atoms with Gasteiger partial charge in [-0.2, -0.15) is 8.78 Å². The minimum absolute atomic E-state index is 0.0638. The van der Waals surface area contributed by atoms with Gasteiger partial charge in [-0.1, -0.05) is 12.1 Å². The zero-order valence-electron chi connectivity index (χ0n) is 9.44. The van der Waals surface area contributed by atoms with E-state index < -0.39 is 19.0 Å². The molecule has 0 atom stereocenters. The van der Waals surface area contributed by atoms with Crippen LogP contribution in [0.25, 0.3) is 0 Å². The van der Waals surface area contributed by atoms with Gasteiger partial charge < -0.3 is 10.1 Å². The fourth-order valence-electron chi connectivity index (χ4n) is 1.61. The van der Waals surface area contributed by atoms with Crippen LogP contribution in [0.15, 0.2) is 18.2 Å². The lowest BCUT2D eigenvalue weighted by Gasteiger charge is -2.17. The normalized spacial score (nSPS) is 14.6.